The van der Waals surface area contributed by atoms with Gasteiger partial charge >= 0.3 is 0 Å². The van der Waals surface area contributed by atoms with Crippen molar-refractivity contribution >= 4 is 5.91 Å². The van der Waals surface area contributed by atoms with Gasteiger partial charge in [-0.05, 0) is 18.6 Å². The van der Waals surface area contributed by atoms with E-state index in [4.69, 9.17) is 0 Å². The molecule has 0 bridgehead atoms. The van der Waals surface area contributed by atoms with E-state index >= 15 is 0 Å². The Labute approximate surface area is 107 Å². The van der Waals surface area contributed by atoms with Crippen molar-refractivity contribution in [2.45, 2.75) is 32.0 Å². The van der Waals surface area contributed by atoms with Gasteiger partial charge < -0.3 is 19.9 Å². The molecule has 1 aromatic rings. The third-order valence-electron chi connectivity index (χ3n) is 3.48. The quantitative estimate of drug-likeness (QED) is 0.809. The van der Waals surface area contributed by atoms with Crippen LogP contribution in [0.4, 0.5) is 0 Å². The summed E-state index contributed by atoms with van der Waals surface area (Å²) < 4.78 is 1.97. The third-order valence-corrected chi connectivity index (χ3v) is 3.48. The molecule has 2 rings (SSSR count). The molecule has 1 amide bonds. The first kappa shape index (κ1) is 13.1. The van der Waals surface area contributed by atoms with Crippen molar-refractivity contribution in [2.24, 2.45) is 0 Å². The predicted molar refractivity (Wildman–Crippen MR) is 69.5 cm³/mol. The fourth-order valence-electron chi connectivity index (χ4n) is 2.42. The number of β-amino-alcohol motifs (C(OH)–C–C–N with tert-alkyl or cyclic N) is 1. The number of hydrogen-bond acceptors (Lipinski definition) is 3. The molecule has 1 fully saturated rings. The maximum Gasteiger partial charge on any atom is 0.270 e. The molecule has 0 saturated carbocycles. The molecular formula is C13H21N3O2. The van der Waals surface area contributed by atoms with Crippen molar-refractivity contribution in [3.63, 3.8) is 0 Å². The number of carbonyl (C=O) groups excluding carboxylic acids is 1. The van der Waals surface area contributed by atoms with Crippen molar-refractivity contribution in [1.29, 1.82) is 0 Å². The number of likely N-dealkylation sites (N-methyl/N-ethyl adjacent to an activating group) is 1. The van der Waals surface area contributed by atoms with Gasteiger partial charge in [0, 0.05) is 32.9 Å². The predicted octanol–water partition coefficient (Wildman–Crippen LogP) is 0.303. The Morgan fingerprint density at radius 3 is 3.00 bits per heavy atom. The summed E-state index contributed by atoms with van der Waals surface area (Å²) in [5.74, 6) is -0.0267. The summed E-state index contributed by atoms with van der Waals surface area (Å²) in [5.41, 5.74) is 0.693. The van der Waals surface area contributed by atoms with Gasteiger partial charge in [0.05, 0.1) is 12.1 Å². The zero-order valence-corrected chi connectivity index (χ0v) is 11.0. The first-order chi connectivity index (χ1) is 8.65. The third kappa shape index (κ3) is 2.42. The zero-order chi connectivity index (χ0) is 13.1. The molecule has 2 N–H and O–H groups in total. The highest BCUT2D eigenvalue weighted by atomic mass is 16.3. The van der Waals surface area contributed by atoms with Crippen LogP contribution in [-0.2, 0) is 6.54 Å². The molecule has 0 spiro atoms. The molecule has 100 valence electrons. The van der Waals surface area contributed by atoms with Crippen LogP contribution in [0, 0.1) is 0 Å². The number of aliphatic hydroxyl groups is 1. The second-order valence-electron chi connectivity index (χ2n) is 4.80. The Balaban J connectivity index is 2.12. The standard InChI is InChI=1S/C13H21N3O2/c1-3-6-16-7-4-5-10(16)13(18)15(2)11-8-14-9-12(11)17/h4-5,7,11-12,14,17H,3,6,8-9H2,1-2H3/t11-,12-/m0/s1. The van der Waals surface area contributed by atoms with Crippen molar-refractivity contribution in [3.05, 3.63) is 24.0 Å². The van der Waals surface area contributed by atoms with Crippen molar-refractivity contribution in [1.82, 2.24) is 14.8 Å². The van der Waals surface area contributed by atoms with E-state index in [1.54, 1.807) is 11.9 Å². The number of aliphatic hydroxyl groups excluding tert-OH is 1. The first-order valence-corrected chi connectivity index (χ1v) is 6.46. The van der Waals surface area contributed by atoms with E-state index in [9.17, 15) is 9.90 Å². The average Bonchev–Trinajstić information content (AvgIpc) is 2.97. The highest BCUT2D eigenvalue weighted by Gasteiger charge is 2.32. The number of amides is 1. The first-order valence-electron chi connectivity index (χ1n) is 6.46. The molecule has 2 heterocycles. The zero-order valence-electron chi connectivity index (χ0n) is 11.0. The second kappa shape index (κ2) is 5.54. The van der Waals surface area contributed by atoms with Crippen LogP contribution < -0.4 is 5.32 Å². The van der Waals surface area contributed by atoms with E-state index in [2.05, 4.69) is 12.2 Å². The summed E-state index contributed by atoms with van der Waals surface area (Å²) in [7, 11) is 1.76. The number of hydrogen-bond donors (Lipinski definition) is 2. The molecule has 18 heavy (non-hydrogen) atoms. The summed E-state index contributed by atoms with van der Waals surface area (Å²) in [6.45, 7) is 4.13. The Morgan fingerprint density at radius 2 is 2.39 bits per heavy atom. The van der Waals surface area contributed by atoms with E-state index in [0.717, 1.165) is 13.0 Å². The molecule has 5 nitrogen and oxygen atoms in total. The van der Waals surface area contributed by atoms with Crippen molar-refractivity contribution < 1.29 is 9.90 Å². The van der Waals surface area contributed by atoms with Gasteiger partial charge in [-0.2, -0.15) is 0 Å². The van der Waals surface area contributed by atoms with Gasteiger partial charge in [-0.15, -0.1) is 0 Å². The lowest BCUT2D eigenvalue weighted by atomic mass is 10.2. The fraction of sp³-hybridized carbons (Fsp3) is 0.615. The minimum atomic E-state index is -0.478. The molecule has 2 atom stereocenters. The van der Waals surface area contributed by atoms with Crippen LogP contribution >= 0.6 is 0 Å². The molecule has 0 aromatic carbocycles. The van der Waals surface area contributed by atoms with Crippen LogP contribution in [0.15, 0.2) is 18.3 Å². The maximum absolute atomic E-state index is 12.4. The van der Waals surface area contributed by atoms with Crippen LogP contribution in [0.1, 0.15) is 23.8 Å². The van der Waals surface area contributed by atoms with Crippen LogP contribution in [0.2, 0.25) is 0 Å². The fourth-order valence-corrected chi connectivity index (χ4v) is 2.42. The number of aromatic nitrogens is 1. The SMILES string of the molecule is CCCn1cccc1C(=O)N(C)[C@H]1CNC[C@@H]1O. The molecule has 1 aromatic heterocycles. The molecule has 0 unspecified atom stereocenters. The summed E-state index contributed by atoms with van der Waals surface area (Å²) in [5, 5.41) is 12.9. The van der Waals surface area contributed by atoms with Gasteiger partial charge in [0.2, 0.25) is 0 Å². The largest absolute Gasteiger partial charge is 0.390 e. The lowest BCUT2D eigenvalue weighted by Crippen LogP contribution is -2.44. The molecule has 1 aliphatic heterocycles. The Bertz CT molecular complexity index is 416. The molecule has 5 heteroatoms. The minimum absolute atomic E-state index is 0.0267. The summed E-state index contributed by atoms with van der Waals surface area (Å²) in [6.07, 6.45) is 2.44. The smallest absolute Gasteiger partial charge is 0.270 e. The van der Waals surface area contributed by atoms with Crippen LogP contribution in [0.3, 0.4) is 0 Å². The number of carbonyl (C=O) groups is 1. The minimum Gasteiger partial charge on any atom is -0.390 e. The monoisotopic (exact) mass is 251 g/mol. The van der Waals surface area contributed by atoms with Gasteiger partial charge in [-0.3, -0.25) is 4.79 Å². The molecular weight excluding hydrogens is 230 g/mol. The Kier molecular flexibility index (Phi) is 4.04. The Morgan fingerprint density at radius 1 is 1.61 bits per heavy atom. The lowest BCUT2D eigenvalue weighted by molar-refractivity contribution is 0.0571. The summed E-state index contributed by atoms with van der Waals surface area (Å²) >= 11 is 0. The highest BCUT2D eigenvalue weighted by molar-refractivity contribution is 5.92. The molecule has 1 saturated heterocycles. The van der Waals surface area contributed by atoms with Gasteiger partial charge in [-0.25, -0.2) is 0 Å². The molecule has 1 aliphatic rings. The van der Waals surface area contributed by atoms with Crippen LogP contribution in [-0.4, -0.2) is 52.8 Å². The topological polar surface area (TPSA) is 57.5 Å². The number of rotatable bonds is 4. The maximum atomic E-state index is 12.4. The molecule has 0 aliphatic carbocycles. The van der Waals surface area contributed by atoms with Gasteiger partial charge in [0.1, 0.15) is 5.69 Å². The van der Waals surface area contributed by atoms with Gasteiger partial charge in [0.15, 0.2) is 0 Å². The van der Waals surface area contributed by atoms with Crippen LogP contribution in [0.25, 0.3) is 0 Å². The van der Waals surface area contributed by atoms with E-state index < -0.39 is 6.10 Å². The summed E-state index contributed by atoms with van der Waals surface area (Å²) in [4.78, 5) is 14.0. The Hall–Kier alpha value is -1.33. The normalized spacial score (nSPS) is 23.3. The number of aryl methyl sites for hydroxylation is 1. The van der Waals surface area contributed by atoms with Crippen molar-refractivity contribution in [2.75, 3.05) is 20.1 Å². The van der Waals surface area contributed by atoms with E-state index in [-0.39, 0.29) is 11.9 Å². The number of nitrogens with zero attached hydrogens (tertiary/aromatic N) is 2. The van der Waals surface area contributed by atoms with E-state index in [0.29, 0.717) is 18.8 Å². The van der Waals surface area contributed by atoms with E-state index in [1.165, 1.54) is 0 Å². The van der Waals surface area contributed by atoms with E-state index in [1.807, 2.05) is 22.9 Å². The highest BCUT2D eigenvalue weighted by Crippen LogP contribution is 2.13. The van der Waals surface area contributed by atoms with Gasteiger partial charge in [-0.1, -0.05) is 6.92 Å². The summed E-state index contributed by atoms with van der Waals surface area (Å²) in [6, 6.07) is 3.59. The van der Waals surface area contributed by atoms with Crippen molar-refractivity contribution in [3.8, 4) is 0 Å². The second-order valence-corrected chi connectivity index (χ2v) is 4.80. The molecule has 0 radical (unpaired) electrons. The average molecular weight is 251 g/mol. The van der Waals surface area contributed by atoms with Crippen LogP contribution in [0.5, 0.6) is 0 Å². The lowest BCUT2D eigenvalue weighted by Gasteiger charge is -2.26. The number of nitrogens with one attached hydrogen (secondary N) is 1. The van der Waals surface area contributed by atoms with Gasteiger partial charge in [0.25, 0.3) is 5.91 Å².